The summed E-state index contributed by atoms with van der Waals surface area (Å²) in [5, 5.41) is 0. The van der Waals surface area contributed by atoms with E-state index in [0.717, 1.165) is 55.6 Å². The molecule has 2 atom stereocenters. The molecule has 4 aromatic rings. The van der Waals surface area contributed by atoms with E-state index in [-0.39, 0.29) is 45.5 Å². The minimum absolute atomic E-state index is 0.0593. The topological polar surface area (TPSA) is 105 Å². The molecule has 2 aliphatic rings. The van der Waals surface area contributed by atoms with E-state index in [1.165, 1.54) is 18.1 Å². The zero-order chi connectivity index (χ0) is 47.7. The summed E-state index contributed by atoms with van der Waals surface area (Å²) in [6, 6.07) is 16.3. The van der Waals surface area contributed by atoms with Crippen molar-refractivity contribution in [2.75, 3.05) is 0 Å². The number of fused-ring (bicyclic) bond motifs is 2. The Labute approximate surface area is 376 Å². The first-order valence-electron chi connectivity index (χ1n) is 22.1. The van der Waals surface area contributed by atoms with Crippen molar-refractivity contribution >= 4 is 23.9 Å². The van der Waals surface area contributed by atoms with E-state index in [0.29, 0.717) is 23.0 Å². The molecule has 6 rings (SSSR count). The third kappa shape index (κ3) is 10.3. The quantitative estimate of drug-likeness (QED) is 0.148. The van der Waals surface area contributed by atoms with E-state index in [2.05, 4.69) is 107 Å². The van der Waals surface area contributed by atoms with Crippen LogP contribution in [0.25, 0.3) is 0 Å². The predicted molar refractivity (Wildman–Crippen MR) is 251 cm³/mol. The van der Waals surface area contributed by atoms with E-state index in [1.807, 2.05) is 72.7 Å². The fourth-order valence-corrected chi connectivity index (χ4v) is 8.16. The fourth-order valence-electron chi connectivity index (χ4n) is 8.16. The smallest absolute Gasteiger partial charge is 0.323 e. The molecule has 0 spiro atoms. The summed E-state index contributed by atoms with van der Waals surface area (Å²) in [5.74, 6) is 0.316. The maximum atomic E-state index is 13.2. The standard InChI is InChI=1S/C29H38O4.C26H32O4/c1-16-12-18(13-17(2)23(16)33-26(31)29(9,10)11)22-20-14-19(27(3,4)5)15-21(28(6,7)8)24(20)32-25(22)30;1-14-10-17(11-15(2)22(14)29-16(3)27)21-19-12-18(25(4,5)6)13-20(26(7,8)9)23(19)30-24(21)28/h12-15,22H,1-11H3;10-13,21H,1-9H3. The maximum Gasteiger partial charge on any atom is 0.323 e. The second-order valence-electron chi connectivity index (χ2n) is 22.8. The molecule has 2 aliphatic heterocycles. The zero-order valence-corrected chi connectivity index (χ0v) is 41.5. The highest BCUT2D eigenvalue weighted by molar-refractivity contribution is 5.92. The summed E-state index contributed by atoms with van der Waals surface area (Å²) in [5.41, 5.74) is 10.2. The van der Waals surface area contributed by atoms with Gasteiger partial charge in [0.1, 0.15) is 34.8 Å². The van der Waals surface area contributed by atoms with Crippen LogP contribution in [-0.2, 0) is 40.8 Å². The van der Waals surface area contributed by atoms with Crippen LogP contribution in [0, 0.1) is 33.1 Å². The molecule has 0 fully saturated rings. The first-order valence-corrected chi connectivity index (χ1v) is 22.1. The summed E-state index contributed by atoms with van der Waals surface area (Å²) >= 11 is 0. The number of benzene rings is 4. The van der Waals surface area contributed by atoms with Crippen molar-refractivity contribution in [3.8, 4) is 23.0 Å². The Morgan fingerprint density at radius 2 is 0.794 bits per heavy atom. The van der Waals surface area contributed by atoms with Gasteiger partial charge >= 0.3 is 23.9 Å². The Morgan fingerprint density at radius 1 is 0.476 bits per heavy atom. The molecule has 0 saturated heterocycles. The average molecular weight is 859 g/mol. The van der Waals surface area contributed by atoms with Crippen molar-refractivity contribution in [3.05, 3.63) is 115 Å². The van der Waals surface area contributed by atoms with Gasteiger partial charge in [-0.2, -0.15) is 0 Å². The monoisotopic (exact) mass is 859 g/mol. The Hall–Kier alpha value is -5.24. The molecule has 0 amide bonds. The van der Waals surface area contributed by atoms with Gasteiger partial charge < -0.3 is 18.9 Å². The number of aryl methyl sites for hydroxylation is 4. The van der Waals surface area contributed by atoms with Gasteiger partial charge in [0.2, 0.25) is 0 Å². The van der Waals surface area contributed by atoms with Gasteiger partial charge in [0.25, 0.3) is 0 Å². The lowest BCUT2D eigenvalue weighted by Crippen LogP contribution is -2.26. The van der Waals surface area contributed by atoms with Gasteiger partial charge in [0.15, 0.2) is 0 Å². The Bertz CT molecular complexity index is 2450. The molecule has 8 nitrogen and oxygen atoms in total. The van der Waals surface area contributed by atoms with Crippen molar-refractivity contribution < 1.29 is 38.1 Å². The van der Waals surface area contributed by atoms with E-state index >= 15 is 0 Å². The molecule has 338 valence electrons. The number of esters is 4. The minimum atomic E-state index is -0.599. The first kappa shape index (κ1) is 48.8. The molecule has 0 aromatic heterocycles. The highest BCUT2D eigenvalue weighted by Gasteiger charge is 2.42. The van der Waals surface area contributed by atoms with Crippen molar-refractivity contribution in [2.45, 2.75) is 172 Å². The molecule has 0 N–H and O–H groups in total. The highest BCUT2D eigenvalue weighted by atomic mass is 16.6. The van der Waals surface area contributed by atoms with Crippen LogP contribution in [0.5, 0.6) is 23.0 Å². The van der Waals surface area contributed by atoms with Crippen LogP contribution in [0.15, 0.2) is 48.5 Å². The number of hydrogen-bond donors (Lipinski definition) is 0. The number of carbonyl (C=O) groups excluding carboxylic acids is 4. The second-order valence-corrected chi connectivity index (χ2v) is 22.8. The first-order chi connectivity index (χ1) is 28.6. The van der Waals surface area contributed by atoms with Gasteiger partial charge in [0.05, 0.1) is 5.41 Å². The van der Waals surface area contributed by atoms with Crippen molar-refractivity contribution in [1.82, 2.24) is 0 Å². The normalized spacial score (nSPS) is 16.4. The van der Waals surface area contributed by atoms with Gasteiger partial charge in [-0.15, -0.1) is 0 Å². The predicted octanol–water partition coefficient (Wildman–Crippen LogP) is 12.8. The third-order valence-corrected chi connectivity index (χ3v) is 11.8. The van der Waals surface area contributed by atoms with E-state index in [1.54, 1.807) is 0 Å². The SMILES string of the molecule is CC(=O)Oc1c(C)cc(C2C(=O)Oc3c2cc(C(C)(C)C)cc3C(C)(C)C)cc1C.Cc1cc(C2C(=O)Oc3c2cc(C(C)(C)C)cc3C(C)(C)C)cc(C)c1OC(=O)C(C)(C)C. The van der Waals surface area contributed by atoms with E-state index < -0.39 is 17.3 Å². The lowest BCUT2D eigenvalue weighted by Gasteiger charge is -2.27. The van der Waals surface area contributed by atoms with Gasteiger partial charge in [-0.1, -0.05) is 132 Å². The third-order valence-electron chi connectivity index (χ3n) is 11.8. The fraction of sp³-hybridized carbons (Fsp3) is 0.491. The molecule has 0 aliphatic carbocycles. The summed E-state index contributed by atoms with van der Waals surface area (Å²) in [6.45, 7) is 40.4. The van der Waals surface area contributed by atoms with Crippen LogP contribution in [0.4, 0.5) is 0 Å². The molecule has 8 heteroatoms. The van der Waals surface area contributed by atoms with Gasteiger partial charge in [-0.05, 0) is 115 Å². The summed E-state index contributed by atoms with van der Waals surface area (Å²) in [6.07, 6.45) is 0. The van der Waals surface area contributed by atoms with Gasteiger partial charge in [-0.25, -0.2) is 0 Å². The minimum Gasteiger partial charge on any atom is -0.426 e. The zero-order valence-electron chi connectivity index (χ0n) is 41.5. The van der Waals surface area contributed by atoms with E-state index in [9.17, 15) is 19.2 Å². The van der Waals surface area contributed by atoms with Crippen LogP contribution < -0.4 is 18.9 Å². The van der Waals surface area contributed by atoms with Crippen LogP contribution >= 0.6 is 0 Å². The molecule has 2 heterocycles. The molecule has 0 radical (unpaired) electrons. The average Bonchev–Trinajstić information content (AvgIpc) is 3.63. The van der Waals surface area contributed by atoms with Crippen LogP contribution in [0.2, 0.25) is 0 Å². The lowest BCUT2D eigenvalue weighted by atomic mass is 9.77. The summed E-state index contributed by atoms with van der Waals surface area (Å²) in [4.78, 5) is 50.1. The number of carbonyl (C=O) groups is 4. The number of hydrogen-bond acceptors (Lipinski definition) is 8. The largest absolute Gasteiger partial charge is 0.426 e. The summed E-state index contributed by atoms with van der Waals surface area (Å²) in [7, 11) is 0. The molecule has 2 unspecified atom stereocenters. The maximum absolute atomic E-state index is 13.2. The van der Waals surface area contributed by atoms with Crippen molar-refractivity contribution in [3.63, 3.8) is 0 Å². The molecular weight excluding hydrogens is 789 g/mol. The van der Waals surface area contributed by atoms with Crippen molar-refractivity contribution in [2.24, 2.45) is 5.41 Å². The Kier molecular flexibility index (Phi) is 12.9. The molecule has 0 bridgehead atoms. The molecule has 4 aromatic carbocycles. The van der Waals surface area contributed by atoms with Crippen LogP contribution in [0.1, 0.15) is 189 Å². The van der Waals surface area contributed by atoms with Gasteiger partial charge in [0, 0.05) is 29.2 Å². The number of ether oxygens (including phenoxy) is 4. The highest BCUT2D eigenvalue weighted by Crippen LogP contribution is 2.50. The van der Waals surface area contributed by atoms with Crippen LogP contribution in [0.3, 0.4) is 0 Å². The van der Waals surface area contributed by atoms with E-state index in [4.69, 9.17) is 18.9 Å². The number of rotatable bonds is 4. The summed E-state index contributed by atoms with van der Waals surface area (Å²) < 4.78 is 22.8. The second kappa shape index (κ2) is 16.7. The van der Waals surface area contributed by atoms with Crippen LogP contribution in [-0.4, -0.2) is 23.9 Å². The van der Waals surface area contributed by atoms with Crippen molar-refractivity contribution in [1.29, 1.82) is 0 Å². The Balaban J connectivity index is 0.000000239. The van der Waals surface area contributed by atoms with Gasteiger partial charge in [-0.3, -0.25) is 19.2 Å². The lowest BCUT2D eigenvalue weighted by molar-refractivity contribution is -0.143. The molecule has 0 saturated carbocycles. The molecular formula is C55H70O8. The Morgan fingerprint density at radius 3 is 1.06 bits per heavy atom. The molecule has 63 heavy (non-hydrogen) atoms.